The summed E-state index contributed by atoms with van der Waals surface area (Å²) in [6, 6.07) is 4.10. The highest BCUT2D eigenvalue weighted by Crippen LogP contribution is 2.26. The summed E-state index contributed by atoms with van der Waals surface area (Å²) in [6.45, 7) is 5.11. The Morgan fingerprint density at radius 2 is 2.09 bits per heavy atom. The topological polar surface area (TPSA) is 104 Å². The molecule has 2 amide bonds. The SMILES string of the molecule is C=CC(=O)Nc1ccc(O)c(C(=O)N2CC(S(=O)(=O)CC)C2)c1. The van der Waals surface area contributed by atoms with E-state index in [0.717, 1.165) is 6.08 Å². The summed E-state index contributed by atoms with van der Waals surface area (Å²) in [7, 11) is -3.17. The largest absolute Gasteiger partial charge is 0.507 e. The van der Waals surface area contributed by atoms with Gasteiger partial charge in [0.25, 0.3) is 5.91 Å². The first-order valence-corrected chi connectivity index (χ1v) is 8.77. The third-order valence-electron chi connectivity index (χ3n) is 3.73. The monoisotopic (exact) mass is 338 g/mol. The van der Waals surface area contributed by atoms with Crippen LogP contribution in [0.1, 0.15) is 17.3 Å². The number of nitrogens with zero attached hydrogens (tertiary/aromatic N) is 1. The zero-order valence-electron chi connectivity index (χ0n) is 12.7. The van der Waals surface area contributed by atoms with Gasteiger partial charge in [-0.15, -0.1) is 0 Å². The molecule has 2 rings (SSSR count). The van der Waals surface area contributed by atoms with Crippen molar-refractivity contribution in [1.29, 1.82) is 0 Å². The van der Waals surface area contributed by atoms with Crippen molar-refractivity contribution in [3.05, 3.63) is 36.4 Å². The van der Waals surface area contributed by atoms with Crippen molar-refractivity contribution in [2.75, 3.05) is 24.2 Å². The number of hydrogen-bond acceptors (Lipinski definition) is 5. The number of nitrogens with one attached hydrogen (secondary N) is 1. The molecule has 2 N–H and O–H groups in total. The van der Waals surface area contributed by atoms with Gasteiger partial charge in [0.15, 0.2) is 9.84 Å². The lowest BCUT2D eigenvalue weighted by Crippen LogP contribution is -2.57. The molecule has 1 aliphatic rings. The number of benzene rings is 1. The van der Waals surface area contributed by atoms with Crippen molar-refractivity contribution in [3.63, 3.8) is 0 Å². The number of carbonyl (C=O) groups is 2. The summed E-state index contributed by atoms with van der Waals surface area (Å²) in [5, 5.41) is 11.8. The maximum Gasteiger partial charge on any atom is 0.257 e. The molecule has 1 fully saturated rings. The van der Waals surface area contributed by atoms with Crippen molar-refractivity contribution in [2.24, 2.45) is 0 Å². The predicted octanol–water partition coefficient (Wildman–Crippen LogP) is 0.776. The van der Waals surface area contributed by atoms with Crippen molar-refractivity contribution < 1.29 is 23.1 Å². The van der Waals surface area contributed by atoms with E-state index in [2.05, 4.69) is 11.9 Å². The molecule has 1 aliphatic heterocycles. The van der Waals surface area contributed by atoms with E-state index in [-0.39, 0.29) is 30.2 Å². The first kappa shape index (κ1) is 17.0. The number of anilines is 1. The number of hydrogen-bond donors (Lipinski definition) is 2. The van der Waals surface area contributed by atoms with Gasteiger partial charge in [-0.25, -0.2) is 8.42 Å². The third-order valence-corrected chi connectivity index (χ3v) is 5.84. The predicted molar refractivity (Wildman–Crippen MR) is 86.1 cm³/mol. The fourth-order valence-electron chi connectivity index (χ4n) is 2.22. The van der Waals surface area contributed by atoms with E-state index in [9.17, 15) is 23.1 Å². The maximum atomic E-state index is 12.4. The molecule has 7 nitrogen and oxygen atoms in total. The van der Waals surface area contributed by atoms with E-state index < -0.39 is 26.9 Å². The molecule has 0 saturated carbocycles. The van der Waals surface area contributed by atoms with Crippen LogP contribution in [0.25, 0.3) is 0 Å². The zero-order valence-corrected chi connectivity index (χ0v) is 13.5. The van der Waals surface area contributed by atoms with Crippen LogP contribution < -0.4 is 5.32 Å². The van der Waals surface area contributed by atoms with Crippen LogP contribution in [0.5, 0.6) is 5.75 Å². The molecular weight excluding hydrogens is 320 g/mol. The fraction of sp³-hybridized carbons (Fsp3) is 0.333. The molecule has 23 heavy (non-hydrogen) atoms. The Hall–Kier alpha value is -2.35. The van der Waals surface area contributed by atoms with Crippen LogP contribution in [0.2, 0.25) is 0 Å². The fourth-order valence-corrected chi connectivity index (χ4v) is 3.50. The number of rotatable bonds is 5. The van der Waals surface area contributed by atoms with Crippen LogP contribution >= 0.6 is 0 Å². The zero-order chi connectivity index (χ0) is 17.2. The average molecular weight is 338 g/mol. The molecule has 1 heterocycles. The Labute approximate surface area is 134 Å². The summed E-state index contributed by atoms with van der Waals surface area (Å²) >= 11 is 0. The molecule has 0 unspecified atom stereocenters. The second-order valence-corrected chi connectivity index (χ2v) is 7.78. The molecule has 1 aromatic carbocycles. The van der Waals surface area contributed by atoms with Gasteiger partial charge in [-0.2, -0.15) is 0 Å². The number of phenolic OH excluding ortho intramolecular Hbond substituents is 1. The van der Waals surface area contributed by atoms with Crippen LogP contribution in [-0.4, -0.2) is 54.3 Å². The van der Waals surface area contributed by atoms with Gasteiger partial charge in [-0.1, -0.05) is 13.5 Å². The maximum absolute atomic E-state index is 12.4. The van der Waals surface area contributed by atoms with E-state index in [1.807, 2.05) is 0 Å². The molecule has 0 atom stereocenters. The number of aromatic hydroxyl groups is 1. The van der Waals surface area contributed by atoms with E-state index in [1.165, 1.54) is 23.1 Å². The summed E-state index contributed by atoms with van der Waals surface area (Å²) in [5.41, 5.74) is 0.355. The van der Waals surface area contributed by atoms with Crippen LogP contribution in [0.3, 0.4) is 0 Å². The summed E-state index contributed by atoms with van der Waals surface area (Å²) in [5.74, 6) is -1.10. The molecule has 0 bridgehead atoms. The molecule has 0 radical (unpaired) electrons. The minimum Gasteiger partial charge on any atom is -0.507 e. The van der Waals surface area contributed by atoms with E-state index >= 15 is 0 Å². The lowest BCUT2D eigenvalue weighted by Gasteiger charge is -2.38. The van der Waals surface area contributed by atoms with E-state index in [4.69, 9.17) is 0 Å². The van der Waals surface area contributed by atoms with Gasteiger partial charge in [0.2, 0.25) is 5.91 Å². The first-order valence-electron chi connectivity index (χ1n) is 7.05. The van der Waals surface area contributed by atoms with Crippen molar-refractivity contribution in [2.45, 2.75) is 12.2 Å². The number of amides is 2. The molecule has 0 spiro atoms. The minimum absolute atomic E-state index is 0.0132. The molecular formula is C15H18N2O5S. The van der Waals surface area contributed by atoms with Gasteiger partial charge in [0, 0.05) is 24.5 Å². The third kappa shape index (κ3) is 3.53. The second-order valence-electron chi connectivity index (χ2n) is 5.21. The highest BCUT2D eigenvalue weighted by Gasteiger charge is 2.39. The van der Waals surface area contributed by atoms with Gasteiger partial charge < -0.3 is 15.3 Å². The summed E-state index contributed by atoms with van der Waals surface area (Å²) in [4.78, 5) is 25.0. The van der Waals surface area contributed by atoms with Crippen molar-refractivity contribution in [3.8, 4) is 5.75 Å². The van der Waals surface area contributed by atoms with Crippen LogP contribution in [0, 0.1) is 0 Å². The average Bonchev–Trinajstić information content (AvgIpc) is 2.47. The molecule has 8 heteroatoms. The normalized spacial score (nSPS) is 14.9. The molecule has 0 aliphatic carbocycles. The van der Waals surface area contributed by atoms with Crippen molar-refractivity contribution in [1.82, 2.24) is 4.90 Å². The van der Waals surface area contributed by atoms with Crippen molar-refractivity contribution >= 4 is 27.3 Å². The van der Waals surface area contributed by atoms with Gasteiger partial charge >= 0.3 is 0 Å². The highest BCUT2D eigenvalue weighted by atomic mass is 32.2. The molecule has 0 aromatic heterocycles. The Morgan fingerprint density at radius 1 is 1.43 bits per heavy atom. The van der Waals surface area contributed by atoms with Gasteiger partial charge in [0.05, 0.1) is 10.8 Å². The number of carbonyl (C=O) groups excluding carboxylic acids is 2. The quantitative estimate of drug-likeness (QED) is 0.610. The second kappa shape index (κ2) is 6.41. The lowest BCUT2D eigenvalue weighted by atomic mass is 10.1. The first-order chi connectivity index (χ1) is 10.8. The highest BCUT2D eigenvalue weighted by molar-refractivity contribution is 7.92. The summed E-state index contributed by atoms with van der Waals surface area (Å²) in [6.07, 6.45) is 1.09. The Balaban J connectivity index is 2.13. The van der Waals surface area contributed by atoms with Gasteiger partial charge in [-0.05, 0) is 24.3 Å². The van der Waals surface area contributed by atoms with Crippen LogP contribution in [0.4, 0.5) is 5.69 Å². The van der Waals surface area contributed by atoms with Crippen LogP contribution in [-0.2, 0) is 14.6 Å². The van der Waals surface area contributed by atoms with Crippen LogP contribution in [0.15, 0.2) is 30.9 Å². The smallest absolute Gasteiger partial charge is 0.257 e. The number of sulfone groups is 1. The molecule has 1 aromatic rings. The lowest BCUT2D eigenvalue weighted by molar-refractivity contribution is -0.111. The summed E-state index contributed by atoms with van der Waals surface area (Å²) < 4.78 is 23.4. The van der Waals surface area contributed by atoms with E-state index in [1.54, 1.807) is 6.92 Å². The Morgan fingerprint density at radius 3 is 2.65 bits per heavy atom. The Kier molecular flexibility index (Phi) is 4.74. The van der Waals surface area contributed by atoms with Gasteiger partial charge in [-0.3, -0.25) is 9.59 Å². The number of phenols is 1. The Bertz CT molecular complexity index is 751. The van der Waals surface area contributed by atoms with E-state index in [0.29, 0.717) is 5.69 Å². The standard InChI is InChI=1S/C15H18N2O5S/c1-3-14(19)16-10-5-6-13(18)12(7-10)15(20)17-8-11(9-17)23(21,22)4-2/h3,5-7,11,18H,1,4,8-9H2,2H3,(H,16,19). The molecule has 124 valence electrons. The minimum atomic E-state index is -3.17. The number of likely N-dealkylation sites (tertiary alicyclic amines) is 1. The molecule has 1 saturated heterocycles. The van der Waals surface area contributed by atoms with Gasteiger partial charge in [0.1, 0.15) is 5.75 Å².